The fourth-order valence-corrected chi connectivity index (χ4v) is 3.76. The normalized spacial score (nSPS) is 20.0. The molecule has 144 valence electrons. The fourth-order valence-electron chi connectivity index (χ4n) is 3.76. The van der Waals surface area contributed by atoms with E-state index >= 15 is 0 Å². The van der Waals surface area contributed by atoms with E-state index in [1.807, 2.05) is 31.2 Å². The SMILES string of the molecule is Cc1ccc(-n2cc(C=C3C(=O)NC(=O)N(C4CCCCC4)C3=O)cn2)cc1. The number of carbonyl (C=O) groups is 3. The highest BCUT2D eigenvalue weighted by molar-refractivity contribution is 6.31. The van der Waals surface area contributed by atoms with Gasteiger partial charge in [0.25, 0.3) is 11.8 Å². The molecule has 2 heterocycles. The molecule has 1 aliphatic carbocycles. The van der Waals surface area contributed by atoms with E-state index < -0.39 is 17.8 Å². The monoisotopic (exact) mass is 378 g/mol. The van der Waals surface area contributed by atoms with Crippen LogP contribution in [0.2, 0.25) is 0 Å². The fraction of sp³-hybridized carbons (Fsp3) is 0.333. The van der Waals surface area contributed by atoms with E-state index in [9.17, 15) is 14.4 Å². The molecule has 1 N–H and O–H groups in total. The lowest BCUT2D eigenvalue weighted by Gasteiger charge is -2.35. The maximum absolute atomic E-state index is 12.9. The van der Waals surface area contributed by atoms with E-state index in [1.54, 1.807) is 17.1 Å². The van der Waals surface area contributed by atoms with Gasteiger partial charge in [-0.1, -0.05) is 37.0 Å². The van der Waals surface area contributed by atoms with Crippen LogP contribution in [0.1, 0.15) is 43.2 Å². The number of barbiturate groups is 1. The molecule has 2 aliphatic rings. The van der Waals surface area contributed by atoms with Crippen molar-refractivity contribution < 1.29 is 14.4 Å². The zero-order valence-electron chi connectivity index (χ0n) is 15.7. The third kappa shape index (κ3) is 3.47. The molecule has 1 saturated heterocycles. The maximum atomic E-state index is 12.9. The molecule has 4 amide bonds. The van der Waals surface area contributed by atoms with Crippen molar-refractivity contribution in [3.8, 4) is 5.69 Å². The molecule has 1 aliphatic heterocycles. The van der Waals surface area contributed by atoms with Crippen LogP contribution in [0.15, 0.2) is 42.2 Å². The Labute approximate surface area is 163 Å². The number of rotatable bonds is 3. The quantitative estimate of drug-likeness (QED) is 0.657. The van der Waals surface area contributed by atoms with Gasteiger partial charge in [-0.2, -0.15) is 5.10 Å². The number of nitrogens with one attached hydrogen (secondary N) is 1. The van der Waals surface area contributed by atoms with E-state index in [0.717, 1.165) is 43.4 Å². The molecule has 0 atom stereocenters. The number of hydrogen-bond donors (Lipinski definition) is 1. The van der Waals surface area contributed by atoms with Crippen LogP contribution in [0.3, 0.4) is 0 Å². The molecule has 1 aromatic heterocycles. The standard InChI is InChI=1S/C21H22N4O3/c1-14-7-9-16(10-8-14)24-13-15(12-22-24)11-18-19(26)23-21(28)25(20(18)27)17-5-3-2-4-6-17/h7-13,17H,2-6H2,1H3,(H,23,26,28). The number of aromatic nitrogens is 2. The van der Waals surface area contributed by atoms with Crippen LogP contribution in [0.5, 0.6) is 0 Å². The van der Waals surface area contributed by atoms with Gasteiger partial charge in [-0.05, 0) is 38.0 Å². The van der Waals surface area contributed by atoms with Crippen molar-refractivity contribution in [1.29, 1.82) is 0 Å². The zero-order chi connectivity index (χ0) is 19.7. The molecule has 7 heteroatoms. The third-order valence-corrected chi connectivity index (χ3v) is 5.29. The lowest BCUT2D eigenvalue weighted by molar-refractivity contribution is -0.132. The van der Waals surface area contributed by atoms with Crippen molar-refractivity contribution in [2.45, 2.75) is 45.1 Å². The molecular weight excluding hydrogens is 356 g/mol. The number of amides is 4. The van der Waals surface area contributed by atoms with Gasteiger partial charge in [-0.15, -0.1) is 0 Å². The van der Waals surface area contributed by atoms with Crippen LogP contribution in [0.4, 0.5) is 4.79 Å². The number of urea groups is 1. The first-order valence-corrected chi connectivity index (χ1v) is 9.55. The number of aryl methyl sites for hydroxylation is 1. The van der Waals surface area contributed by atoms with Gasteiger partial charge in [0, 0.05) is 17.8 Å². The van der Waals surface area contributed by atoms with E-state index in [0.29, 0.717) is 5.56 Å². The van der Waals surface area contributed by atoms with Crippen LogP contribution >= 0.6 is 0 Å². The van der Waals surface area contributed by atoms with Crippen LogP contribution in [-0.4, -0.2) is 38.6 Å². The Morgan fingerprint density at radius 2 is 1.79 bits per heavy atom. The van der Waals surface area contributed by atoms with Gasteiger partial charge in [0.2, 0.25) is 0 Å². The molecule has 0 unspecified atom stereocenters. The summed E-state index contributed by atoms with van der Waals surface area (Å²) in [5, 5.41) is 6.61. The summed E-state index contributed by atoms with van der Waals surface area (Å²) in [5.74, 6) is -1.19. The first-order chi connectivity index (χ1) is 13.5. The minimum atomic E-state index is -0.662. The Hall–Kier alpha value is -3.22. The Morgan fingerprint density at radius 1 is 1.07 bits per heavy atom. The average Bonchev–Trinajstić information content (AvgIpc) is 3.15. The summed E-state index contributed by atoms with van der Waals surface area (Å²) in [4.78, 5) is 38.7. The van der Waals surface area contributed by atoms with Gasteiger partial charge < -0.3 is 0 Å². The first kappa shape index (κ1) is 18.2. The molecule has 0 bridgehead atoms. The summed E-state index contributed by atoms with van der Waals surface area (Å²) in [6.45, 7) is 2.01. The Balaban J connectivity index is 1.61. The minimum absolute atomic E-state index is 0.0337. The number of hydrogen-bond acceptors (Lipinski definition) is 4. The first-order valence-electron chi connectivity index (χ1n) is 9.55. The van der Waals surface area contributed by atoms with E-state index in [1.165, 1.54) is 11.0 Å². The topological polar surface area (TPSA) is 84.3 Å². The van der Waals surface area contributed by atoms with Crippen molar-refractivity contribution in [2.75, 3.05) is 0 Å². The number of nitrogens with zero attached hydrogens (tertiary/aromatic N) is 3. The van der Waals surface area contributed by atoms with Crippen molar-refractivity contribution in [3.63, 3.8) is 0 Å². The van der Waals surface area contributed by atoms with Gasteiger partial charge in [-0.3, -0.25) is 19.8 Å². The summed E-state index contributed by atoms with van der Waals surface area (Å²) in [6, 6.07) is 7.10. The summed E-state index contributed by atoms with van der Waals surface area (Å²) in [5.41, 5.74) is 2.62. The second kappa shape index (κ2) is 7.42. The summed E-state index contributed by atoms with van der Waals surface area (Å²) >= 11 is 0. The van der Waals surface area contributed by atoms with Crippen LogP contribution in [0.25, 0.3) is 11.8 Å². The van der Waals surface area contributed by atoms with Crippen LogP contribution in [0, 0.1) is 6.92 Å². The smallest absolute Gasteiger partial charge is 0.273 e. The second-order valence-electron chi connectivity index (χ2n) is 7.34. The lowest BCUT2D eigenvalue weighted by atomic mass is 9.93. The summed E-state index contributed by atoms with van der Waals surface area (Å²) in [7, 11) is 0. The van der Waals surface area contributed by atoms with E-state index in [2.05, 4.69) is 10.4 Å². The molecule has 2 aromatic rings. The molecule has 28 heavy (non-hydrogen) atoms. The predicted octanol–water partition coefficient (Wildman–Crippen LogP) is 2.98. The van der Waals surface area contributed by atoms with Gasteiger partial charge in [0.05, 0.1) is 11.9 Å². The van der Waals surface area contributed by atoms with Gasteiger partial charge in [0.15, 0.2) is 0 Å². The largest absolute Gasteiger partial charge is 0.331 e. The molecule has 0 radical (unpaired) electrons. The molecule has 1 aromatic carbocycles. The Bertz CT molecular complexity index is 952. The number of imide groups is 2. The molecular formula is C21H22N4O3. The van der Waals surface area contributed by atoms with Crippen molar-refractivity contribution in [3.05, 3.63) is 53.4 Å². The number of benzene rings is 1. The molecule has 2 fully saturated rings. The summed E-state index contributed by atoms with van der Waals surface area (Å²) in [6.07, 6.45) is 9.49. The molecule has 4 rings (SSSR count). The third-order valence-electron chi connectivity index (χ3n) is 5.29. The molecule has 1 saturated carbocycles. The van der Waals surface area contributed by atoms with Crippen LogP contribution in [-0.2, 0) is 9.59 Å². The zero-order valence-corrected chi connectivity index (χ0v) is 15.7. The molecule has 7 nitrogen and oxygen atoms in total. The predicted molar refractivity (Wildman–Crippen MR) is 104 cm³/mol. The van der Waals surface area contributed by atoms with Gasteiger partial charge >= 0.3 is 6.03 Å². The summed E-state index contributed by atoms with van der Waals surface area (Å²) < 4.78 is 1.68. The van der Waals surface area contributed by atoms with Crippen molar-refractivity contribution >= 4 is 23.9 Å². The number of carbonyl (C=O) groups excluding carboxylic acids is 3. The lowest BCUT2D eigenvalue weighted by Crippen LogP contribution is -2.58. The van der Waals surface area contributed by atoms with Crippen molar-refractivity contribution in [2.24, 2.45) is 0 Å². The van der Waals surface area contributed by atoms with E-state index in [4.69, 9.17) is 0 Å². The maximum Gasteiger partial charge on any atom is 0.331 e. The van der Waals surface area contributed by atoms with Gasteiger partial charge in [-0.25, -0.2) is 9.48 Å². The van der Waals surface area contributed by atoms with Crippen molar-refractivity contribution in [1.82, 2.24) is 20.0 Å². The second-order valence-corrected chi connectivity index (χ2v) is 7.34. The Kier molecular flexibility index (Phi) is 4.81. The van der Waals surface area contributed by atoms with Gasteiger partial charge in [0.1, 0.15) is 5.57 Å². The average molecular weight is 378 g/mol. The molecule has 0 spiro atoms. The highest BCUT2D eigenvalue weighted by Gasteiger charge is 2.40. The highest BCUT2D eigenvalue weighted by Crippen LogP contribution is 2.26. The van der Waals surface area contributed by atoms with Crippen LogP contribution < -0.4 is 5.32 Å². The highest BCUT2D eigenvalue weighted by atomic mass is 16.2. The van der Waals surface area contributed by atoms with E-state index in [-0.39, 0.29) is 11.6 Å². The Morgan fingerprint density at radius 3 is 2.50 bits per heavy atom. The minimum Gasteiger partial charge on any atom is -0.273 e.